The molecule has 0 saturated heterocycles. The fraction of sp³-hybridized carbons (Fsp3) is 0.143. The van der Waals surface area contributed by atoms with E-state index in [0.29, 0.717) is 21.9 Å². The largest absolute Gasteiger partial charge is 0.476 e. The van der Waals surface area contributed by atoms with Crippen molar-refractivity contribution in [2.75, 3.05) is 5.32 Å². The van der Waals surface area contributed by atoms with Gasteiger partial charge in [0.25, 0.3) is 0 Å². The number of rotatable bonds is 6. The lowest BCUT2D eigenvalue weighted by atomic mass is 10.2. The van der Waals surface area contributed by atoms with Crippen LogP contribution in [0.1, 0.15) is 11.3 Å². The fourth-order valence-electron chi connectivity index (χ4n) is 1.60. The summed E-state index contributed by atoms with van der Waals surface area (Å²) in [5, 5.41) is 15.4. The summed E-state index contributed by atoms with van der Waals surface area (Å²) in [4.78, 5) is 30.7. The molecule has 0 fully saturated rings. The number of carboxylic acids is 1. The van der Waals surface area contributed by atoms with Gasteiger partial charge in [-0.05, 0) is 17.7 Å². The van der Waals surface area contributed by atoms with Crippen molar-refractivity contribution in [2.24, 2.45) is 5.16 Å². The highest BCUT2D eigenvalue weighted by atomic mass is 35.5. The van der Waals surface area contributed by atoms with E-state index in [-0.39, 0.29) is 17.3 Å². The Labute approximate surface area is 163 Å². The number of hydrogen-bond donors (Lipinski definition) is 2. The Kier molecular flexibility index (Phi) is 6.63. The van der Waals surface area contributed by atoms with Gasteiger partial charge in [0, 0.05) is 5.38 Å². The number of alkyl halides is 3. The molecule has 1 heterocycles. The van der Waals surface area contributed by atoms with Crippen molar-refractivity contribution in [1.82, 2.24) is 4.98 Å². The smallest absolute Gasteiger partial charge is 0.471 e. The predicted molar refractivity (Wildman–Crippen MR) is 92.2 cm³/mol. The quantitative estimate of drug-likeness (QED) is 0.521. The average molecular weight is 442 g/mol. The Morgan fingerprint density at radius 3 is 2.59 bits per heavy atom. The van der Waals surface area contributed by atoms with E-state index >= 15 is 0 Å². The second-order valence-electron chi connectivity index (χ2n) is 4.76. The average Bonchev–Trinajstić information content (AvgIpc) is 3.01. The Bertz CT molecular complexity index is 902. The number of amides is 1. The third kappa shape index (κ3) is 5.81. The van der Waals surface area contributed by atoms with Crippen molar-refractivity contribution in [2.45, 2.75) is 12.8 Å². The summed E-state index contributed by atoms with van der Waals surface area (Å²) >= 11 is 12.2. The summed E-state index contributed by atoms with van der Waals surface area (Å²) < 4.78 is 36.7. The first-order valence-corrected chi connectivity index (χ1v) is 8.42. The molecule has 0 aliphatic rings. The van der Waals surface area contributed by atoms with Gasteiger partial charge in [-0.15, -0.1) is 11.3 Å². The minimum atomic E-state index is -5.10. The zero-order valence-electron chi connectivity index (χ0n) is 12.9. The van der Waals surface area contributed by atoms with Crippen LogP contribution in [0, 0.1) is 0 Å². The molecule has 144 valence electrons. The van der Waals surface area contributed by atoms with E-state index < -0.39 is 28.9 Å². The standard InChI is InChI=1S/C14H8Cl2F3N3O4S/c15-7-2-1-6(3-8(7)16)4-26-22-10(11(23)24)9-5-27-13(20-9)21-12(25)14(17,18)19/h1-3,5H,4H2,(H,23,24)(H,20,21,25). The van der Waals surface area contributed by atoms with Crippen molar-refractivity contribution in [3.05, 3.63) is 44.9 Å². The van der Waals surface area contributed by atoms with E-state index in [9.17, 15) is 27.9 Å². The lowest BCUT2D eigenvalue weighted by molar-refractivity contribution is -0.167. The number of aliphatic carboxylic acids is 1. The first kappa shape index (κ1) is 20.9. The van der Waals surface area contributed by atoms with Crippen molar-refractivity contribution >= 4 is 57.3 Å². The number of halogens is 5. The molecule has 0 radical (unpaired) electrons. The van der Waals surface area contributed by atoms with Crippen LogP contribution in [0.3, 0.4) is 0 Å². The molecule has 0 aliphatic carbocycles. The fourth-order valence-corrected chi connectivity index (χ4v) is 2.62. The molecule has 0 unspecified atom stereocenters. The number of carboxylic acid groups (broad SMARTS) is 1. The zero-order chi connectivity index (χ0) is 20.2. The Hall–Kier alpha value is -2.37. The summed E-state index contributed by atoms with van der Waals surface area (Å²) in [6.07, 6.45) is -5.10. The maximum absolute atomic E-state index is 12.2. The maximum atomic E-state index is 12.2. The van der Waals surface area contributed by atoms with Gasteiger partial charge in [-0.3, -0.25) is 10.1 Å². The molecule has 1 aromatic heterocycles. The molecule has 2 N–H and O–H groups in total. The van der Waals surface area contributed by atoms with Gasteiger partial charge in [-0.1, -0.05) is 34.4 Å². The summed E-state index contributed by atoms with van der Waals surface area (Å²) in [7, 11) is 0. The number of nitrogens with zero attached hydrogens (tertiary/aromatic N) is 2. The van der Waals surface area contributed by atoms with Gasteiger partial charge < -0.3 is 9.94 Å². The predicted octanol–water partition coefficient (Wildman–Crippen LogP) is 3.96. The molecule has 13 heteroatoms. The molecule has 0 bridgehead atoms. The monoisotopic (exact) mass is 441 g/mol. The summed E-state index contributed by atoms with van der Waals surface area (Å²) in [5.74, 6) is -3.75. The van der Waals surface area contributed by atoms with E-state index in [1.807, 2.05) is 0 Å². The number of oxime groups is 1. The van der Waals surface area contributed by atoms with Crippen LogP contribution in [-0.2, 0) is 21.0 Å². The van der Waals surface area contributed by atoms with Crippen LogP contribution in [0.5, 0.6) is 0 Å². The number of hydrogen-bond acceptors (Lipinski definition) is 6. The van der Waals surface area contributed by atoms with Gasteiger partial charge >= 0.3 is 18.1 Å². The topological polar surface area (TPSA) is 101 Å². The van der Waals surface area contributed by atoms with Crippen LogP contribution in [-0.4, -0.2) is 33.9 Å². The SMILES string of the molecule is O=C(O)C(=NOCc1ccc(Cl)c(Cl)c1)c1csc(NC(=O)C(F)(F)F)n1. The van der Waals surface area contributed by atoms with Crippen molar-refractivity contribution in [3.8, 4) is 0 Å². The molecule has 0 spiro atoms. The normalized spacial score (nSPS) is 12.0. The highest BCUT2D eigenvalue weighted by molar-refractivity contribution is 7.14. The molecule has 27 heavy (non-hydrogen) atoms. The minimum absolute atomic E-state index is 0.143. The summed E-state index contributed by atoms with van der Waals surface area (Å²) in [5.41, 5.74) is -0.382. The van der Waals surface area contributed by atoms with E-state index in [2.05, 4.69) is 10.1 Å². The van der Waals surface area contributed by atoms with Crippen molar-refractivity contribution < 1.29 is 32.7 Å². The second-order valence-corrected chi connectivity index (χ2v) is 6.43. The number of carbonyl (C=O) groups is 2. The maximum Gasteiger partial charge on any atom is 0.471 e. The molecular weight excluding hydrogens is 434 g/mol. The third-order valence-corrected chi connectivity index (χ3v) is 4.30. The second kappa shape index (κ2) is 8.55. The summed E-state index contributed by atoms with van der Waals surface area (Å²) in [6.45, 7) is -0.143. The van der Waals surface area contributed by atoms with Crippen molar-refractivity contribution in [3.63, 3.8) is 0 Å². The highest BCUT2D eigenvalue weighted by Crippen LogP contribution is 2.23. The Morgan fingerprint density at radius 1 is 1.30 bits per heavy atom. The van der Waals surface area contributed by atoms with Gasteiger partial charge in [0.15, 0.2) is 5.13 Å². The molecule has 1 aromatic carbocycles. The molecule has 0 saturated carbocycles. The molecule has 0 atom stereocenters. The molecular formula is C14H8Cl2F3N3O4S. The van der Waals surface area contributed by atoms with Gasteiger partial charge in [-0.25, -0.2) is 9.78 Å². The first-order chi connectivity index (χ1) is 12.6. The van der Waals surface area contributed by atoms with Crippen molar-refractivity contribution in [1.29, 1.82) is 0 Å². The van der Waals surface area contributed by atoms with Crippen LogP contribution < -0.4 is 5.32 Å². The highest BCUT2D eigenvalue weighted by Gasteiger charge is 2.39. The van der Waals surface area contributed by atoms with Crippen LogP contribution in [0.15, 0.2) is 28.7 Å². The third-order valence-electron chi connectivity index (χ3n) is 2.80. The zero-order valence-corrected chi connectivity index (χ0v) is 15.2. The number of benzene rings is 1. The van der Waals surface area contributed by atoms with Crippen LogP contribution in [0.4, 0.5) is 18.3 Å². The number of thiazole rings is 1. The minimum Gasteiger partial charge on any atom is -0.476 e. The molecule has 0 aliphatic heterocycles. The molecule has 7 nitrogen and oxygen atoms in total. The van der Waals surface area contributed by atoms with Gasteiger partial charge in [0.2, 0.25) is 5.71 Å². The number of nitrogens with one attached hydrogen (secondary N) is 1. The van der Waals surface area contributed by atoms with E-state index in [4.69, 9.17) is 28.0 Å². The summed E-state index contributed by atoms with van der Waals surface area (Å²) in [6, 6.07) is 4.59. The first-order valence-electron chi connectivity index (χ1n) is 6.79. The van der Waals surface area contributed by atoms with E-state index in [1.165, 1.54) is 17.4 Å². The van der Waals surface area contributed by atoms with E-state index in [0.717, 1.165) is 5.38 Å². The van der Waals surface area contributed by atoms with E-state index in [1.54, 1.807) is 6.07 Å². The van der Waals surface area contributed by atoms with Crippen LogP contribution in [0.25, 0.3) is 0 Å². The molecule has 2 aromatic rings. The van der Waals surface area contributed by atoms with Crippen LogP contribution in [0.2, 0.25) is 10.0 Å². The van der Waals surface area contributed by atoms with Crippen LogP contribution >= 0.6 is 34.5 Å². The number of anilines is 1. The lowest BCUT2D eigenvalue weighted by Gasteiger charge is -2.04. The van der Waals surface area contributed by atoms with Gasteiger partial charge in [0.1, 0.15) is 12.3 Å². The number of carbonyl (C=O) groups excluding carboxylic acids is 1. The molecule has 2 rings (SSSR count). The number of aromatic nitrogens is 1. The Balaban J connectivity index is 2.10. The van der Waals surface area contributed by atoms with Gasteiger partial charge in [0.05, 0.1) is 10.0 Å². The molecule has 1 amide bonds. The Morgan fingerprint density at radius 2 is 2.00 bits per heavy atom. The van der Waals surface area contributed by atoms with Gasteiger partial charge in [-0.2, -0.15) is 13.2 Å². The lowest BCUT2D eigenvalue weighted by Crippen LogP contribution is -2.29.